The normalized spacial score (nSPS) is 18.4. The van der Waals surface area contributed by atoms with Crippen LogP contribution in [0.3, 0.4) is 0 Å². The Labute approximate surface area is 113 Å². The number of carbonyl (C=O) groups is 5. The van der Waals surface area contributed by atoms with Gasteiger partial charge >= 0.3 is 12.0 Å². The summed E-state index contributed by atoms with van der Waals surface area (Å²) in [6, 6.07) is -1.83. The predicted molar refractivity (Wildman–Crippen MR) is 61.3 cm³/mol. The first kappa shape index (κ1) is 15.6. The van der Waals surface area contributed by atoms with Crippen LogP contribution in [-0.4, -0.2) is 65.5 Å². The first-order chi connectivity index (χ1) is 9.31. The molecule has 1 unspecified atom stereocenters. The minimum Gasteiger partial charge on any atom is -0.480 e. The maximum absolute atomic E-state index is 11.7. The molecule has 3 N–H and O–H groups in total. The molecule has 1 saturated heterocycles. The summed E-state index contributed by atoms with van der Waals surface area (Å²) < 4.78 is 4.49. The summed E-state index contributed by atoms with van der Waals surface area (Å²) in [5.74, 6) is -3.43. The molecule has 0 saturated carbocycles. The van der Waals surface area contributed by atoms with Gasteiger partial charge in [0.05, 0.1) is 0 Å². The monoisotopic (exact) mass is 287 g/mol. The molecule has 10 nitrogen and oxygen atoms in total. The minimum atomic E-state index is -1.25. The lowest BCUT2D eigenvalue weighted by molar-refractivity contribution is -0.144. The number of hydrogen-bond donors (Lipinski definition) is 3. The standard InChI is InChI=1S/C10H13N3O7/c1-5-9(18)11-6(14)2-13(5)10(19)12-7(15)3-20-4-8(16)17/h5H,2-4H2,1H3,(H,16,17)(H,11,14,18)(H,12,15,19). The molecule has 1 rings (SSSR count). The molecular weight excluding hydrogens is 274 g/mol. The number of nitrogens with zero attached hydrogens (tertiary/aromatic N) is 1. The van der Waals surface area contributed by atoms with Crippen LogP contribution in [0.15, 0.2) is 0 Å². The average molecular weight is 287 g/mol. The van der Waals surface area contributed by atoms with Gasteiger partial charge < -0.3 is 14.7 Å². The van der Waals surface area contributed by atoms with Gasteiger partial charge in [-0.2, -0.15) is 0 Å². The summed E-state index contributed by atoms with van der Waals surface area (Å²) in [5.41, 5.74) is 0. The molecule has 0 bridgehead atoms. The van der Waals surface area contributed by atoms with E-state index in [4.69, 9.17) is 5.11 Å². The molecule has 0 aliphatic carbocycles. The Morgan fingerprint density at radius 2 is 2.05 bits per heavy atom. The summed E-state index contributed by atoms with van der Waals surface area (Å²) in [6.45, 7) is -0.266. The van der Waals surface area contributed by atoms with Gasteiger partial charge in [0.15, 0.2) is 0 Å². The highest BCUT2D eigenvalue weighted by Gasteiger charge is 2.34. The molecule has 0 aromatic heterocycles. The molecule has 20 heavy (non-hydrogen) atoms. The molecule has 0 radical (unpaired) electrons. The fraction of sp³-hybridized carbons (Fsp3) is 0.500. The van der Waals surface area contributed by atoms with Crippen LogP contribution in [0.2, 0.25) is 0 Å². The second-order valence-electron chi connectivity index (χ2n) is 3.96. The summed E-state index contributed by atoms with van der Waals surface area (Å²) in [7, 11) is 0. The van der Waals surface area contributed by atoms with Crippen LogP contribution >= 0.6 is 0 Å². The number of urea groups is 1. The van der Waals surface area contributed by atoms with Crippen molar-refractivity contribution in [2.24, 2.45) is 0 Å². The van der Waals surface area contributed by atoms with Gasteiger partial charge in [-0.15, -0.1) is 0 Å². The van der Waals surface area contributed by atoms with E-state index in [1.807, 2.05) is 10.6 Å². The largest absolute Gasteiger partial charge is 0.480 e. The van der Waals surface area contributed by atoms with Crippen LogP contribution in [0.4, 0.5) is 4.79 Å². The Bertz CT molecular complexity index is 462. The van der Waals surface area contributed by atoms with Gasteiger partial charge in [-0.05, 0) is 6.92 Å². The third-order valence-corrected chi connectivity index (χ3v) is 2.39. The predicted octanol–water partition coefficient (Wildman–Crippen LogP) is -2.33. The number of ether oxygens (including phenoxy) is 1. The van der Waals surface area contributed by atoms with Gasteiger partial charge in [-0.3, -0.25) is 25.0 Å². The molecule has 1 fully saturated rings. The fourth-order valence-electron chi connectivity index (χ4n) is 1.42. The van der Waals surface area contributed by atoms with Gasteiger partial charge in [-0.25, -0.2) is 9.59 Å². The van der Waals surface area contributed by atoms with Crippen molar-refractivity contribution in [3.63, 3.8) is 0 Å². The lowest BCUT2D eigenvalue weighted by Crippen LogP contribution is -2.61. The number of nitrogens with one attached hydrogen (secondary N) is 2. The van der Waals surface area contributed by atoms with Gasteiger partial charge in [0.25, 0.3) is 5.91 Å². The van der Waals surface area contributed by atoms with Gasteiger partial charge in [0, 0.05) is 0 Å². The molecule has 110 valence electrons. The maximum atomic E-state index is 11.7. The Hall–Kier alpha value is -2.49. The van der Waals surface area contributed by atoms with Crippen LogP contribution in [0.25, 0.3) is 0 Å². The number of imide groups is 2. The van der Waals surface area contributed by atoms with Crippen molar-refractivity contribution in [3.05, 3.63) is 0 Å². The van der Waals surface area contributed by atoms with E-state index >= 15 is 0 Å². The molecule has 0 aromatic rings. The second-order valence-corrected chi connectivity index (χ2v) is 3.96. The van der Waals surface area contributed by atoms with E-state index in [1.165, 1.54) is 6.92 Å². The van der Waals surface area contributed by atoms with Crippen LogP contribution in [0.5, 0.6) is 0 Å². The molecule has 5 amide bonds. The van der Waals surface area contributed by atoms with Crippen molar-refractivity contribution in [2.45, 2.75) is 13.0 Å². The smallest absolute Gasteiger partial charge is 0.329 e. The summed E-state index contributed by atoms with van der Waals surface area (Å²) in [4.78, 5) is 56.5. The third kappa shape index (κ3) is 4.31. The molecule has 0 aromatic carbocycles. The van der Waals surface area contributed by atoms with Gasteiger partial charge in [0.2, 0.25) is 11.8 Å². The molecule has 0 spiro atoms. The zero-order chi connectivity index (χ0) is 15.3. The molecule has 1 aliphatic rings. The number of aliphatic carboxylic acids is 1. The van der Waals surface area contributed by atoms with Crippen LogP contribution in [0.1, 0.15) is 6.92 Å². The Morgan fingerprint density at radius 3 is 2.65 bits per heavy atom. The number of rotatable bonds is 4. The Kier molecular flexibility index (Phi) is 5.15. The van der Waals surface area contributed by atoms with Crippen molar-refractivity contribution in [1.29, 1.82) is 0 Å². The van der Waals surface area contributed by atoms with E-state index in [1.54, 1.807) is 0 Å². The number of carbonyl (C=O) groups excluding carboxylic acids is 4. The van der Waals surface area contributed by atoms with Gasteiger partial charge in [0.1, 0.15) is 25.8 Å². The van der Waals surface area contributed by atoms with Crippen molar-refractivity contribution in [2.75, 3.05) is 19.8 Å². The highest BCUT2D eigenvalue weighted by atomic mass is 16.5. The number of hydrogen-bond acceptors (Lipinski definition) is 6. The molecule has 10 heteroatoms. The first-order valence-electron chi connectivity index (χ1n) is 5.55. The number of carboxylic acids is 1. The number of amides is 5. The molecule has 1 aliphatic heterocycles. The quantitative estimate of drug-likeness (QED) is 0.492. The van der Waals surface area contributed by atoms with Crippen molar-refractivity contribution >= 4 is 29.7 Å². The SMILES string of the molecule is CC1C(=O)NC(=O)CN1C(=O)NC(=O)COCC(=O)O. The lowest BCUT2D eigenvalue weighted by Gasteiger charge is -2.31. The lowest BCUT2D eigenvalue weighted by atomic mass is 10.2. The molecule has 1 heterocycles. The molecular formula is C10H13N3O7. The minimum absolute atomic E-state index is 0.359. The van der Waals surface area contributed by atoms with E-state index in [2.05, 4.69) is 4.74 Å². The van der Waals surface area contributed by atoms with Crippen molar-refractivity contribution in [1.82, 2.24) is 15.5 Å². The van der Waals surface area contributed by atoms with E-state index in [0.717, 1.165) is 4.90 Å². The van der Waals surface area contributed by atoms with Crippen molar-refractivity contribution in [3.8, 4) is 0 Å². The molecule has 1 atom stereocenters. The summed E-state index contributed by atoms with van der Waals surface area (Å²) in [5, 5.41) is 12.2. The summed E-state index contributed by atoms with van der Waals surface area (Å²) >= 11 is 0. The van der Waals surface area contributed by atoms with E-state index in [-0.39, 0.29) is 6.54 Å². The van der Waals surface area contributed by atoms with Crippen LogP contribution in [0, 0.1) is 0 Å². The van der Waals surface area contributed by atoms with E-state index in [9.17, 15) is 24.0 Å². The Balaban J connectivity index is 2.48. The van der Waals surface area contributed by atoms with Crippen molar-refractivity contribution < 1.29 is 33.8 Å². The fourth-order valence-corrected chi connectivity index (χ4v) is 1.42. The second kappa shape index (κ2) is 6.61. The number of piperazine rings is 1. The topological polar surface area (TPSA) is 142 Å². The zero-order valence-electron chi connectivity index (χ0n) is 10.5. The highest BCUT2D eigenvalue weighted by Crippen LogP contribution is 2.04. The van der Waals surface area contributed by atoms with Gasteiger partial charge in [-0.1, -0.05) is 0 Å². The zero-order valence-corrected chi connectivity index (χ0v) is 10.5. The maximum Gasteiger partial charge on any atom is 0.329 e. The third-order valence-electron chi connectivity index (χ3n) is 2.39. The van der Waals surface area contributed by atoms with Crippen LogP contribution < -0.4 is 10.6 Å². The Morgan fingerprint density at radius 1 is 1.40 bits per heavy atom. The van der Waals surface area contributed by atoms with Crippen LogP contribution in [-0.2, 0) is 23.9 Å². The van der Waals surface area contributed by atoms with E-state index < -0.39 is 49.0 Å². The van der Waals surface area contributed by atoms with E-state index in [0.29, 0.717) is 0 Å². The summed E-state index contributed by atoms with van der Waals surface area (Å²) in [6.07, 6.45) is 0. The first-order valence-corrected chi connectivity index (χ1v) is 5.55. The number of carboxylic acid groups (broad SMARTS) is 1. The highest BCUT2D eigenvalue weighted by molar-refractivity contribution is 6.05. The average Bonchev–Trinajstić information content (AvgIpc) is 2.32.